The first kappa shape index (κ1) is 33.2. The quantitative estimate of drug-likeness (QED) is 0.162. The summed E-state index contributed by atoms with van der Waals surface area (Å²) in [5.74, 6) is 0.160. The maximum absolute atomic E-state index is 14.1. The Labute approximate surface area is 265 Å². The van der Waals surface area contributed by atoms with Crippen molar-refractivity contribution < 1.29 is 22.6 Å². The van der Waals surface area contributed by atoms with E-state index in [0.29, 0.717) is 0 Å². The first-order chi connectivity index (χ1) is 21.7. The van der Waals surface area contributed by atoms with Gasteiger partial charge in [-0.15, -0.1) is 11.3 Å². The van der Waals surface area contributed by atoms with E-state index in [1.807, 2.05) is 42.5 Å². The molecule has 0 saturated heterocycles. The Kier molecular flexibility index (Phi) is 10.6. The van der Waals surface area contributed by atoms with Gasteiger partial charge in [0, 0.05) is 52.2 Å². The second kappa shape index (κ2) is 14.4. The van der Waals surface area contributed by atoms with E-state index in [4.69, 9.17) is 9.47 Å². The molecule has 1 unspecified atom stereocenters. The summed E-state index contributed by atoms with van der Waals surface area (Å²) < 4.78 is 53.0. The number of fused-ring (bicyclic) bond motifs is 1. The topological polar surface area (TPSA) is 93.1 Å². The van der Waals surface area contributed by atoms with Crippen molar-refractivity contribution in [3.05, 3.63) is 91.9 Å². The molecule has 2 heterocycles. The highest BCUT2D eigenvalue weighted by atomic mass is 32.1. The van der Waals surface area contributed by atoms with Crippen LogP contribution in [0.1, 0.15) is 54.8 Å². The number of anilines is 1. The lowest BCUT2D eigenvalue weighted by atomic mass is 9.73. The second-order valence-corrected chi connectivity index (χ2v) is 11.8. The molecule has 0 saturated carbocycles. The number of allylic oxidation sites excluding steroid dienone is 4. The molecule has 0 bridgehead atoms. The summed E-state index contributed by atoms with van der Waals surface area (Å²) in [5.41, 5.74) is -1.88. The van der Waals surface area contributed by atoms with Gasteiger partial charge in [0.2, 0.25) is 5.60 Å². The molecule has 0 radical (unpaired) electrons. The SMILES string of the molecule is CCCCN(CCCC)c1ccc(/C=C/C=C/c2ccc(CC3=CC4(C(F)(F)F)OC(=C(C#N)C#N)C(C#N)=C34)s2)c(OC)c1. The number of methoxy groups -OCH3 is 1. The third-order valence-corrected chi connectivity index (χ3v) is 8.68. The van der Waals surface area contributed by atoms with Gasteiger partial charge in [0.15, 0.2) is 11.3 Å². The third kappa shape index (κ3) is 6.85. The van der Waals surface area contributed by atoms with Crippen molar-refractivity contribution >= 4 is 29.2 Å². The Hall–Kier alpha value is -4.72. The predicted molar refractivity (Wildman–Crippen MR) is 170 cm³/mol. The van der Waals surface area contributed by atoms with Crippen molar-refractivity contribution in [2.75, 3.05) is 25.1 Å². The minimum Gasteiger partial charge on any atom is -0.496 e. The van der Waals surface area contributed by atoms with Gasteiger partial charge in [-0.3, -0.25) is 0 Å². The molecule has 0 fully saturated rings. The predicted octanol–water partition coefficient (Wildman–Crippen LogP) is 8.83. The van der Waals surface area contributed by atoms with Gasteiger partial charge in [-0.1, -0.05) is 44.9 Å². The first-order valence-electron chi connectivity index (χ1n) is 14.7. The van der Waals surface area contributed by atoms with E-state index in [9.17, 15) is 29.0 Å². The highest BCUT2D eigenvalue weighted by Gasteiger charge is 2.68. The van der Waals surface area contributed by atoms with Crippen LogP contribution in [0.4, 0.5) is 18.9 Å². The molecule has 0 spiro atoms. The Bertz CT molecular complexity index is 1690. The van der Waals surface area contributed by atoms with Crippen molar-refractivity contribution in [1.82, 2.24) is 0 Å². The van der Waals surface area contributed by atoms with Crippen LogP contribution in [0.25, 0.3) is 12.2 Å². The number of alkyl halides is 3. The number of benzene rings is 1. The number of halogens is 3. The van der Waals surface area contributed by atoms with Crippen molar-refractivity contribution in [3.63, 3.8) is 0 Å². The van der Waals surface area contributed by atoms with Gasteiger partial charge in [-0.25, -0.2) is 0 Å². The van der Waals surface area contributed by atoms with E-state index in [1.54, 1.807) is 13.2 Å². The maximum Gasteiger partial charge on any atom is 0.436 e. The molecule has 1 aromatic heterocycles. The van der Waals surface area contributed by atoms with E-state index >= 15 is 0 Å². The third-order valence-electron chi connectivity index (χ3n) is 7.63. The molecular weight excluding hydrogens is 597 g/mol. The van der Waals surface area contributed by atoms with Crippen LogP contribution in [0.15, 0.2) is 76.6 Å². The fourth-order valence-corrected chi connectivity index (χ4v) is 6.26. The molecule has 2 aromatic rings. The molecule has 4 rings (SSSR count). The summed E-state index contributed by atoms with van der Waals surface area (Å²) in [6.45, 7) is 6.40. The second-order valence-electron chi connectivity index (χ2n) is 10.6. The normalized spacial score (nSPS) is 17.3. The molecule has 6 nitrogen and oxygen atoms in total. The molecule has 1 aromatic carbocycles. The van der Waals surface area contributed by atoms with Crippen molar-refractivity contribution in [3.8, 4) is 24.0 Å². The number of thiophene rings is 1. The molecular formula is C35H33F3N4O2S. The number of nitrogens with zero attached hydrogens (tertiary/aromatic N) is 4. The summed E-state index contributed by atoms with van der Waals surface area (Å²) in [6.07, 6.45) is 8.41. The van der Waals surface area contributed by atoms with Gasteiger partial charge < -0.3 is 14.4 Å². The van der Waals surface area contributed by atoms with Crippen LogP contribution in [0.3, 0.4) is 0 Å². The van der Waals surface area contributed by atoms with Crippen LogP contribution in [0.5, 0.6) is 5.75 Å². The van der Waals surface area contributed by atoms with Gasteiger partial charge in [0.25, 0.3) is 0 Å². The molecule has 2 aliphatic rings. The fraction of sp³-hybridized carbons (Fsp3) is 0.343. The molecule has 0 N–H and O–H groups in total. The van der Waals surface area contributed by atoms with Gasteiger partial charge in [-0.05, 0) is 54.8 Å². The summed E-state index contributed by atoms with van der Waals surface area (Å²) in [6, 6.07) is 14.7. The highest BCUT2D eigenvalue weighted by Crippen LogP contribution is 2.59. The molecule has 1 aliphatic carbocycles. The average molecular weight is 631 g/mol. The lowest BCUT2D eigenvalue weighted by Crippen LogP contribution is -2.51. The minimum absolute atomic E-state index is 0.148. The van der Waals surface area contributed by atoms with Crippen molar-refractivity contribution in [2.24, 2.45) is 0 Å². The Morgan fingerprint density at radius 3 is 2.31 bits per heavy atom. The zero-order valence-electron chi connectivity index (χ0n) is 25.4. The first-order valence-corrected chi connectivity index (χ1v) is 15.5. The molecule has 10 heteroatoms. The van der Waals surface area contributed by atoms with Crippen LogP contribution in [0, 0.1) is 34.0 Å². The lowest BCUT2D eigenvalue weighted by molar-refractivity contribution is -0.229. The van der Waals surface area contributed by atoms with Crippen LogP contribution >= 0.6 is 11.3 Å². The van der Waals surface area contributed by atoms with E-state index in [1.165, 1.54) is 23.5 Å². The number of ether oxygens (including phenoxy) is 2. The number of hydrogen-bond donors (Lipinski definition) is 0. The summed E-state index contributed by atoms with van der Waals surface area (Å²) >= 11 is 1.41. The van der Waals surface area contributed by atoms with E-state index in [-0.39, 0.29) is 17.6 Å². The summed E-state index contributed by atoms with van der Waals surface area (Å²) in [7, 11) is 1.66. The molecule has 1 aliphatic heterocycles. The molecule has 45 heavy (non-hydrogen) atoms. The van der Waals surface area contributed by atoms with Gasteiger partial charge in [0.1, 0.15) is 29.5 Å². The number of unbranched alkanes of at least 4 members (excludes halogenated alkanes) is 2. The van der Waals surface area contributed by atoms with Crippen LogP contribution in [0.2, 0.25) is 0 Å². The summed E-state index contributed by atoms with van der Waals surface area (Å²) in [5, 5.41) is 28.0. The number of rotatable bonds is 13. The standard InChI is InChI=1S/C35H33F3N4O2S/c1-4-6-16-42(17-7-5-2)27-13-12-24(31(19-27)43-3)10-8-9-11-28-14-15-29(45-28)18-25-20-34(35(36,37)38)32(25)30(23-41)33(44-34)26(21-39)22-40/h8-15,19-20H,4-7,16-18H2,1-3H3/b10-8+,11-9+. The monoisotopic (exact) mass is 630 g/mol. The Balaban J connectivity index is 1.48. The van der Waals surface area contributed by atoms with E-state index in [2.05, 4.69) is 30.9 Å². The minimum atomic E-state index is -4.87. The zero-order chi connectivity index (χ0) is 32.6. The van der Waals surface area contributed by atoms with E-state index in [0.717, 1.165) is 71.6 Å². The number of nitriles is 3. The molecule has 1 atom stereocenters. The summed E-state index contributed by atoms with van der Waals surface area (Å²) in [4.78, 5) is 4.09. The van der Waals surface area contributed by atoms with Gasteiger partial charge >= 0.3 is 6.18 Å². The van der Waals surface area contributed by atoms with Crippen molar-refractivity contribution in [2.45, 2.75) is 57.7 Å². The largest absolute Gasteiger partial charge is 0.496 e. The van der Waals surface area contributed by atoms with Crippen LogP contribution < -0.4 is 9.64 Å². The Morgan fingerprint density at radius 1 is 1.02 bits per heavy atom. The van der Waals surface area contributed by atoms with Crippen LogP contribution in [-0.2, 0) is 11.2 Å². The fourth-order valence-electron chi connectivity index (χ4n) is 5.31. The van der Waals surface area contributed by atoms with Crippen molar-refractivity contribution in [1.29, 1.82) is 15.8 Å². The Morgan fingerprint density at radius 2 is 1.71 bits per heavy atom. The maximum atomic E-state index is 14.1. The van der Waals surface area contributed by atoms with Gasteiger partial charge in [-0.2, -0.15) is 29.0 Å². The lowest BCUT2D eigenvalue weighted by Gasteiger charge is -2.39. The number of hydrogen-bond acceptors (Lipinski definition) is 7. The van der Waals surface area contributed by atoms with E-state index < -0.39 is 28.7 Å². The zero-order valence-corrected chi connectivity index (χ0v) is 26.2. The average Bonchev–Trinajstić information content (AvgIpc) is 3.58. The molecule has 232 valence electrons. The molecule has 0 amide bonds. The van der Waals surface area contributed by atoms with Gasteiger partial charge in [0.05, 0.1) is 7.11 Å². The van der Waals surface area contributed by atoms with Crippen LogP contribution in [-0.4, -0.2) is 32.0 Å². The smallest absolute Gasteiger partial charge is 0.436 e. The highest BCUT2D eigenvalue weighted by molar-refractivity contribution is 7.12.